The van der Waals surface area contributed by atoms with E-state index in [1.54, 1.807) is 0 Å². The highest BCUT2D eigenvalue weighted by Crippen LogP contribution is 2.11. The Bertz CT molecular complexity index is 148. The highest BCUT2D eigenvalue weighted by molar-refractivity contribution is 9.09. The molecule has 0 saturated heterocycles. The summed E-state index contributed by atoms with van der Waals surface area (Å²) in [4.78, 5) is 2.00. The van der Waals surface area contributed by atoms with E-state index >= 15 is 0 Å². The van der Waals surface area contributed by atoms with Crippen LogP contribution < -0.4 is 4.91 Å². The lowest BCUT2D eigenvalue weighted by molar-refractivity contribution is 0.564. The van der Waals surface area contributed by atoms with Gasteiger partial charge in [-0.3, -0.25) is 0 Å². The van der Waals surface area contributed by atoms with Crippen molar-refractivity contribution in [3.05, 3.63) is 0 Å². The summed E-state index contributed by atoms with van der Waals surface area (Å²) in [7, 11) is 0. The Balaban J connectivity index is 0. The Morgan fingerprint density at radius 2 is 0.706 bits per heavy atom. The summed E-state index contributed by atoms with van der Waals surface area (Å²) >= 11 is 6.93. The molecule has 0 unspecified atom stereocenters. The van der Waals surface area contributed by atoms with Crippen LogP contribution in [0.1, 0.15) is 64.2 Å². The Hall–Kier alpha value is 0.270. The topological polar surface area (TPSA) is 61.8 Å². The molecule has 0 heterocycles. The first-order chi connectivity index (χ1) is 8.33. The van der Waals surface area contributed by atoms with E-state index in [9.17, 15) is 0 Å². The molecule has 0 saturated carbocycles. The van der Waals surface area contributed by atoms with Crippen LogP contribution in [-0.4, -0.2) is 10.7 Å². The van der Waals surface area contributed by atoms with Gasteiger partial charge in [0, 0.05) is 10.7 Å². The molecule has 0 fully saturated rings. The van der Waals surface area contributed by atoms with Crippen LogP contribution in [0.25, 0.3) is 0 Å². The molecule has 0 aromatic heterocycles. The lowest BCUT2D eigenvalue weighted by Gasteiger charge is -2.01. The van der Waals surface area contributed by atoms with Gasteiger partial charge in [0.2, 0.25) is 4.91 Å². The average molecular weight is 372 g/mol. The monoisotopic (exact) mass is 370 g/mol. The van der Waals surface area contributed by atoms with Gasteiger partial charge in [-0.25, -0.2) is 0 Å². The second-order valence-electron chi connectivity index (χ2n) is 4.03. The zero-order chi connectivity index (χ0) is 13.2. The zero-order valence-corrected chi connectivity index (χ0v) is 13.9. The lowest BCUT2D eigenvalue weighted by Crippen LogP contribution is -1.82. The van der Waals surface area contributed by atoms with Crippen LogP contribution in [0.4, 0.5) is 0 Å². The Labute approximate surface area is 122 Å². The lowest BCUT2D eigenvalue weighted by atomic mass is 10.1. The van der Waals surface area contributed by atoms with Crippen molar-refractivity contribution in [1.29, 1.82) is 11.1 Å². The van der Waals surface area contributed by atoms with Gasteiger partial charge in [-0.05, 0) is 12.8 Å². The number of nitrogens with zero attached hydrogens (tertiary/aromatic N) is 1. The molecule has 3 nitrogen and oxygen atoms in total. The molecule has 0 spiro atoms. The van der Waals surface area contributed by atoms with Crippen LogP contribution >= 0.6 is 31.9 Å². The first-order valence-corrected chi connectivity index (χ1v) is 8.72. The molecule has 17 heavy (non-hydrogen) atoms. The average Bonchev–Trinajstić information content (AvgIpc) is 2.33. The molecule has 5 heteroatoms. The van der Waals surface area contributed by atoms with Gasteiger partial charge >= 0.3 is 0 Å². The van der Waals surface area contributed by atoms with Crippen LogP contribution in [0.15, 0.2) is 0 Å². The number of alkyl halides is 2. The molecule has 0 radical (unpaired) electrons. The van der Waals surface area contributed by atoms with Gasteiger partial charge in [0.1, 0.15) is 11.1 Å². The fourth-order valence-electron chi connectivity index (χ4n) is 1.60. The van der Waals surface area contributed by atoms with Crippen molar-refractivity contribution in [3.8, 4) is 0 Å². The first kappa shape index (κ1) is 19.6. The van der Waals surface area contributed by atoms with Gasteiger partial charge in [-0.15, -0.1) is 0 Å². The highest BCUT2D eigenvalue weighted by atomic mass is 79.9. The third-order valence-corrected chi connectivity index (χ3v) is 3.64. The molecule has 0 aliphatic heterocycles. The van der Waals surface area contributed by atoms with Gasteiger partial charge < -0.3 is 0 Å². The molecule has 0 amide bonds. The van der Waals surface area contributed by atoms with Gasteiger partial charge in [0.05, 0.1) is 0 Å². The smallest absolute Gasteiger partial charge is 0.0928 e. The van der Waals surface area contributed by atoms with Crippen LogP contribution in [0.2, 0.25) is 0 Å². The summed E-state index contributed by atoms with van der Waals surface area (Å²) in [5.74, 6) is 0. The summed E-state index contributed by atoms with van der Waals surface area (Å²) in [5, 5.41) is 2.36. The van der Waals surface area contributed by atoms with E-state index in [2.05, 4.69) is 31.9 Å². The van der Waals surface area contributed by atoms with Crippen molar-refractivity contribution in [3.63, 3.8) is 0 Å². The molecule has 0 atom stereocenters. The van der Waals surface area contributed by atoms with E-state index in [0.29, 0.717) is 0 Å². The molecule has 0 aliphatic rings. The van der Waals surface area contributed by atoms with Gasteiger partial charge in [-0.2, -0.15) is 0 Å². The van der Waals surface area contributed by atoms with Crippen LogP contribution in [0, 0.1) is 11.1 Å². The predicted octanol–water partition coefficient (Wildman–Crippen LogP) is 5.79. The fraction of sp³-hybridized carbons (Fsp3) is 1.00. The van der Waals surface area contributed by atoms with E-state index in [-0.39, 0.29) is 0 Å². The second kappa shape index (κ2) is 21.5. The third kappa shape index (κ3) is 26.1. The molecule has 0 aromatic carbocycles. The minimum atomic E-state index is 1.18. The third-order valence-electron chi connectivity index (χ3n) is 2.52. The Kier molecular flexibility index (Phi) is 24.8. The number of halogens is 2. The van der Waals surface area contributed by atoms with Crippen molar-refractivity contribution in [2.45, 2.75) is 64.2 Å². The molecule has 0 aromatic rings. The van der Waals surface area contributed by atoms with E-state index in [1.807, 2.05) is 4.91 Å². The minimum absolute atomic E-state index is 1.18. The maximum atomic E-state index is 5.50. The van der Waals surface area contributed by atoms with Crippen LogP contribution in [-0.2, 0) is 0 Å². The van der Waals surface area contributed by atoms with Crippen molar-refractivity contribution >= 4 is 31.9 Å². The van der Waals surface area contributed by atoms with E-state index in [0.717, 1.165) is 0 Å². The number of hydrogen-bond acceptors (Lipinski definition) is 2. The number of rotatable bonds is 11. The van der Waals surface area contributed by atoms with Crippen molar-refractivity contribution < 1.29 is 0 Å². The second-order valence-corrected chi connectivity index (χ2v) is 5.61. The quantitative estimate of drug-likeness (QED) is 0.200. The summed E-state index contributed by atoms with van der Waals surface area (Å²) < 4.78 is 0. The summed E-state index contributed by atoms with van der Waals surface area (Å²) in [6, 6.07) is 0. The molecule has 102 valence electrons. The SMILES string of the molecule is BrCCCCCCCCCCCCBr.N=[N+]=N. The first-order valence-electron chi connectivity index (χ1n) is 6.48. The Morgan fingerprint density at radius 1 is 0.529 bits per heavy atom. The number of nitrogens with one attached hydrogen (secondary N) is 2. The summed E-state index contributed by atoms with van der Waals surface area (Å²) in [5.41, 5.74) is 11.0. The van der Waals surface area contributed by atoms with Crippen LogP contribution in [0.3, 0.4) is 0 Å². The molecular weight excluding hydrogens is 346 g/mol. The predicted molar refractivity (Wildman–Crippen MR) is 81.3 cm³/mol. The standard InChI is InChI=1S/C12H24Br2.H2N3/c13-11-9-7-5-3-1-2-4-6-8-10-12-14;1-3-2/h1-12H2;1-2H/q;+1. The molecule has 2 N–H and O–H groups in total. The molecule has 0 rings (SSSR count). The maximum absolute atomic E-state index is 5.50. The van der Waals surface area contributed by atoms with E-state index in [1.165, 1.54) is 74.9 Å². The summed E-state index contributed by atoms with van der Waals surface area (Å²) in [6.45, 7) is 0. The van der Waals surface area contributed by atoms with Gasteiger partial charge in [-0.1, -0.05) is 83.2 Å². The normalized spacial score (nSPS) is 9.29. The van der Waals surface area contributed by atoms with Gasteiger partial charge in [0.25, 0.3) is 0 Å². The van der Waals surface area contributed by atoms with Crippen molar-refractivity contribution in [2.24, 2.45) is 0 Å². The largest absolute Gasteiger partial charge is 0.211 e. The van der Waals surface area contributed by atoms with E-state index in [4.69, 9.17) is 11.1 Å². The maximum Gasteiger partial charge on any atom is 0.211 e. The number of unbranched alkanes of at least 4 members (excludes halogenated alkanes) is 9. The van der Waals surface area contributed by atoms with E-state index < -0.39 is 0 Å². The zero-order valence-electron chi connectivity index (χ0n) is 10.7. The van der Waals surface area contributed by atoms with Gasteiger partial charge in [0.15, 0.2) is 0 Å². The van der Waals surface area contributed by atoms with Crippen LogP contribution in [0.5, 0.6) is 0 Å². The van der Waals surface area contributed by atoms with Crippen molar-refractivity contribution in [2.75, 3.05) is 10.7 Å². The molecule has 0 bridgehead atoms. The van der Waals surface area contributed by atoms with Crippen molar-refractivity contribution in [1.82, 2.24) is 4.91 Å². The molecule has 0 aliphatic carbocycles. The summed E-state index contributed by atoms with van der Waals surface area (Å²) in [6.07, 6.45) is 14.2. The fourth-order valence-corrected chi connectivity index (χ4v) is 2.40. The Morgan fingerprint density at radius 3 is 0.882 bits per heavy atom. The minimum Gasteiger partial charge on any atom is -0.0928 e. The molecular formula is C12H26Br2N3+. The highest BCUT2D eigenvalue weighted by Gasteiger charge is 1.92. The number of hydrogen-bond donors (Lipinski definition) is 2.